The molecule has 0 radical (unpaired) electrons. The van der Waals surface area contributed by atoms with Gasteiger partial charge in [-0.05, 0) is 84.3 Å². The van der Waals surface area contributed by atoms with Crippen LogP contribution in [-0.2, 0) is 47.9 Å². The van der Waals surface area contributed by atoms with Gasteiger partial charge in [-0.3, -0.25) is 47.9 Å². The molecule has 2 rings (SSSR count). The van der Waals surface area contributed by atoms with Crippen molar-refractivity contribution in [2.24, 2.45) is 23.1 Å². The lowest BCUT2D eigenvalue weighted by Gasteiger charge is -2.27. The number of nitrogens with one attached hydrogen (secondary N) is 10. The van der Waals surface area contributed by atoms with Crippen molar-refractivity contribution < 1.29 is 63.3 Å². The summed E-state index contributed by atoms with van der Waals surface area (Å²) < 4.78 is 0. The van der Waals surface area contributed by atoms with Gasteiger partial charge in [0.1, 0.15) is 48.3 Å². The molecule has 0 spiro atoms. The second-order valence-corrected chi connectivity index (χ2v) is 19.1. The van der Waals surface area contributed by atoms with Crippen LogP contribution in [0.4, 0.5) is 0 Å². The molecule has 2 fully saturated rings. The van der Waals surface area contributed by atoms with E-state index in [4.69, 9.17) is 17.2 Å². The number of hydrogen-bond acceptors (Lipinski definition) is 17. The third-order valence-corrected chi connectivity index (χ3v) is 12.7. The standard InChI is InChI=1S/C43H77N13O13S/c1-22(2)18-30-40(66)52-27(11-15-45)37(63)51-28(12-16-46)39(65)56-34(23(3)58)42(68)47-17-13-29(38(64)50-26(10-14-44)36(62)48-19-32(60)49-30)53-41(67)31(20-57)54-43(69)35(24(4)59)55-33(61)21-70-25-8-6-5-7-9-25/h22-31,34-35,57-59H,5-21,44-46H2,1-4H3,(H,47,68)(H,48,62)(H,49,60)(H,50,64)(H,51,63)(H,52,66)(H,53,67)(H,54,69)(H,55,61)(H,56,65)/t23?,24-,26+,27+,28+,29+,30+,31-,34+,35+/m1/s1. The third kappa shape index (κ3) is 21.4. The summed E-state index contributed by atoms with van der Waals surface area (Å²) >= 11 is 1.43. The van der Waals surface area contributed by atoms with Crippen LogP contribution in [0.25, 0.3) is 0 Å². The van der Waals surface area contributed by atoms with Crippen molar-refractivity contribution in [1.82, 2.24) is 53.2 Å². The second-order valence-electron chi connectivity index (χ2n) is 17.9. The largest absolute Gasteiger partial charge is 0.394 e. The third-order valence-electron chi connectivity index (χ3n) is 11.4. The van der Waals surface area contributed by atoms with Crippen LogP contribution in [0.15, 0.2) is 0 Å². The van der Waals surface area contributed by atoms with Gasteiger partial charge in [0.15, 0.2) is 0 Å². The summed E-state index contributed by atoms with van der Waals surface area (Å²) in [5.41, 5.74) is 17.3. The summed E-state index contributed by atoms with van der Waals surface area (Å²) in [6.07, 6.45) is 1.32. The monoisotopic (exact) mass is 1020 g/mol. The molecule has 0 aromatic heterocycles. The van der Waals surface area contributed by atoms with Gasteiger partial charge in [-0.15, -0.1) is 11.8 Å². The van der Waals surface area contributed by atoms with Crippen LogP contribution in [0.3, 0.4) is 0 Å². The Kier molecular flexibility index (Phi) is 27.8. The summed E-state index contributed by atoms with van der Waals surface area (Å²) in [6.45, 7) is 3.43. The first-order valence-electron chi connectivity index (χ1n) is 23.8. The molecule has 398 valence electrons. The Morgan fingerprint density at radius 2 is 1.20 bits per heavy atom. The SMILES string of the molecule is CC(C)C[C@@H]1NC(=O)CNC(=O)[C@H](CCN)NC(=O)[C@@H](NC(=O)[C@@H](CO)NC(=O)[C@@H](NC(=O)CSC2CCCCC2)[C@@H](C)O)CCNC(=O)[C@H](C(C)O)NC(=O)[C@H](CCN)NC(=O)[C@H](CCN)NC1=O. The Balaban J connectivity index is 2.47. The quantitative estimate of drug-likeness (QED) is 0.0572. The van der Waals surface area contributed by atoms with Gasteiger partial charge < -0.3 is 85.7 Å². The molecule has 19 N–H and O–H groups in total. The minimum absolute atomic E-state index is 0.0135. The van der Waals surface area contributed by atoms with Crippen LogP contribution in [0.5, 0.6) is 0 Å². The smallest absolute Gasteiger partial charge is 0.245 e. The molecule has 1 unspecified atom stereocenters. The molecular formula is C43H77N13O13S. The van der Waals surface area contributed by atoms with Crippen molar-refractivity contribution in [3.05, 3.63) is 0 Å². The van der Waals surface area contributed by atoms with E-state index in [1.54, 1.807) is 13.8 Å². The molecule has 0 aromatic rings. The first-order chi connectivity index (χ1) is 33.1. The number of carbonyl (C=O) groups is 10. The highest BCUT2D eigenvalue weighted by Gasteiger charge is 2.36. The van der Waals surface area contributed by atoms with Gasteiger partial charge in [0.25, 0.3) is 0 Å². The molecule has 10 amide bonds. The van der Waals surface area contributed by atoms with E-state index >= 15 is 0 Å². The molecule has 1 heterocycles. The average molecular weight is 1020 g/mol. The highest BCUT2D eigenvalue weighted by molar-refractivity contribution is 8.00. The Bertz CT molecular complexity index is 1770. The predicted molar refractivity (Wildman–Crippen MR) is 256 cm³/mol. The van der Waals surface area contributed by atoms with Gasteiger partial charge in [0, 0.05) is 11.8 Å². The molecule has 10 atom stereocenters. The van der Waals surface area contributed by atoms with E-state index in [0.717, 1.165) is 32.1 Å². The highest BCUT2D eigenvalue weighted by atomic mass is 32.2. The van der Waals surface area contributed by atoms with Crippen molar-refractivity contribution in [2.45, 2.75) is 158 Å². The normalized spacial score (nSPS) is 25.0. The molecule has 2 aliphatic rings. The van der Waals surface area contributed by atoms with Crippen LogP contribution >= 0.6 is 11.8 Å². The fourth-order valence-electron chi connectivity index (χ4n) is 7.51. The predicted octanol–water partition coefficient (Wildman–Crippen LogP) is -6.59. The van der Waals surface area contributed by atoms with E-state index in [1.165, 1.54) is 25.6 Å². The zero-order valence-corrected chi connectivity index (χ0v) is 41.3. The van der Waals surface area contributed by atoms with E-state index in [0.29, 0.717) is 0 Å². The Labute approximate surface area is 412 Å². The van der Waals surface area contributed by atoms with Gasteiger partial charge in [0.05, 0.1) is 31.1 Å². The lowest BCUT2D eigenvalue weighted by molar-refractivity contribution is -0.136. The van der Waals surface area contributed by atoms with Gasteiger partial charge >= 0.3 is 0 Å². The first kappa shape index (κ1) is 60.9. The number of nitrogens with two attached hydrogens (primary N) is 3. The fourth-order valence-corrected chi connectivity index (χ4v) is 8.65. The number of thioether (sulfide) groups is 1. The molecule has 70 heavy (non-hydrogen) atoms. The summed E-state index contributed by atoms with van der Waals surface area (Å²) in [4.78, 5) is 135. The van der Waals surface area contributed by atoms with Crippen LogP contribution < -0.4 is 70.4 Å². The number of carbonyl (C=O) groups excluding carboxylic acids is 10. The number of hydrogen-bond donors (Lipinski definition) is 16. The first-order valence-corrected chi connectivity index (χ1v) is 24.9. The Morgan fingerprint density at radius 1 is 0.657 bits per heavy atom. The minimum Gasteiger partial charge on any atom is -0.394 e. The molecular weight excluding hydrogens is 939 g/mol. The number of aliphatic hydroxyl groups excluding tert-OH is 3. The van der Waals surface area contributed by atoms with E-state index < -0.39 is 146 Å². The van der Waals surface area contributed by atoms with Crippen LogP contribution in [0.1, 0.15) is 91.9 Å². The summed E-state index contributed by atoms with van der Waals surface area (Å²) in [5.74, 6) is -9.19. The van der Waals surface area contributed by atoms with Crippen molar-refractivity contribution >= 4 is 70.8 Å². The highest BCUT2D eigenvalue weighted by Crippen LogP contribution is 2.28. The van der Waals surface area contributed by atoms with E-state index in [2.05, 4.69) is 53.2 Å². The molecule has 1 saturated heterocycles. The van der Waals surface area contributed by atoms with Gasteiger partial charge in [-0.2, -0.15) is 0 Å². The lowest BCUT2D eigenvalue weighted by Crippen LogP contribution is -2.61. The Hall–Kier alpha value is -5.19. The number of aliphatic hydroxyl groups is 3. The maximum atomic E-state index is 14.0. The molecule has 27 heteroatoms. The van der Waals surface area contributed by atoms with Crippen molar-refractivity contribution in [3.8, 4) is 0 Å². The lowest BCUT2D eigenvalue weighted by atomic mass is 10.0. The van der Waals surface area contributed by atoms with Crippen LogP contribution in [0.2, 0.25) is 0 Å². The van der Waals surface area contributed by atoms with Gasteiger partial charge in [-0.1, -0.05) is 33.1 Å². The molecule has 1 aliphatic heterocycles. The maximum Gasteiger partial charge on any atom is 0.245 e. The minimum atomic E-state index is -1.77. The maximum absolute atomic E-state index is 14.0. The zero-order chi connectivity index (χ0) is 52.5. The van der Waals surface area contributed by atoms with E-state index in [1.807, 2.05) is 0 Å². The fraction of sp³-hybridized carbons (Fsp3) is 0.767. The van der Waals surface area contributed by atoms with E-state index in [9.17, 15) is 63.3 Å². The molecule has 0 bridgehead atoms. The topological polar surface area (TPSA) is 430 Å². The van der Waals surface area contributed by atoms with Crippen molar-refractivity contribution in [2.75, 3.05) is 45.1 Å². The van der Waals surface area contributed by atoms with Gasteiger partial charge in [-0.25, -0.2) is 0 Å². The van der Waals surface area contributed by atoms with Gasteiger partial charge in [0.2, 0.25) is 59.1 Å². The molecule has 0 aromatic carbocycles. The number of amides is 10. The summed E-state index contributed by atoms with van der Waals surface area (Å²) in [7, 11) is 0. The average Bonchev–Trinajstić information content (AvgIpc) is 3.30. The summed E-state index contributed by atoms with van der Waals surface area (Å²) in [6, 6.07) is -12.0. The molecule has 1 aliphatic carbocycles. The van der Waals surface area contributed by atoms with E-state index in [-0.39, 0.29) is 62.2 Å². The van der Waals surface area contributed by atoms with Crippen molar-refractivity contribution in [1.29, 1.82) is 0 Å². The molecule has 1 saturated carbocycles. The second kappa shape index (κ2) is 31.9. The van der Waals surface area contributed by atoms with Crippen LogP contribution in [-0.4, -0.2) is 185 Å². The van der Waals surface area contributed by atoms with Crippen LogP contribution in [0, 0.1) is 5.92 Å². The van der Waals surface area contributed by atoms with Crippen molar-refractivity contribution in [3.63, 3.8) is 0 Å². The summed E-state index contributed by atoms with van der Waals surface area (Å²) in [5, 5.41) is 55.9. The molecule has 26 nitrogen and oxygen atoms in total. The zero-order valence-electron chi connectivity index (χ0n) is 40.5. The number of rotatable bonds is 19. The Morgan fingerprint density at radius 3 is 1.73 bits per heavy atom.